The minimum absolute atomic E-state index is 0. The number of carbonyl (C=O) groups is 1. The van der Waals surface area contributed by atoms with Crippen molar-refractivity contribution < 1.29 is 34.4 Å². The predicted octanol–water partition coefficient (Wildman–Crippen LogP) is 12.3. The van der Waals surface area contributed by atoms with Crippen LogP contribution in [-0.4, -0.2) is 20.9 Å². The van der Waals surface area contributed by atoms with Crippen molar-refractivity contribution in [2.45, 2.75) is 86.5 Å². The number of aliphatic hydroxyl groups is 1. The molecule has 0 saturated heterocycles. The summed E-state index contributed by atoms with van der Waals surface area (Å²) < 4.78 is 6.61. The van der Waals surface area contributed by atoms with Crippen molar-refractivity contribution in [3.63, 3.8) is 0 Å². The molecule has 3 aromatic carbocycles. The summed E-state index contributed by atoms with van der Waals surface area (Å²) in [5.74, 6) is 2.16. The maximum absolute atomic E-state index is 11.7. The van der Waals surface area contributed by atoms with Gasteiger partial charge in [0.05, 0.1) is 5.76 Å². The number of hydrogen-bond donors (Lipinski definition) is 1. The van der Waals surface area contributed by atoms with Crippen LogP contribution >= 0.6 is 0 Å². The largest absolute Gasteiger partial charge is 0.512 e. The van der Waals surface area contributed by atoms with Gasteiger partial charge >= 0.3 is 0 Å². The number of carbonyl (C=O) groups excluding carboxylic acids is 1. The number of furan rings is 1. The summed E-state index contributed by atoms with van der Waals surface area (Å²) in [7, 11) is 0. The average molecular weight is 884 g/mol. The molecule has 0 unspecified atom stereocenters. The summed E-state index contributed by atoms with van der Waals surface area (Å²) >= 11 is 0. The summed E-state index contributed by atoms with van der Waals surface area (Å²) in [6.45, 7) is 12.6. The van der Waals surface area contributed by atoms with Crippen LogP contribution < -0.4 is 0 Å². The molecule has 277 valence electrons. The number of benzene rings is 3. The van der Waals surface area contributed by atoms with Crippen LogP contribution in [0.4, 0.5) is 0 Å². The number of ketones is 1. The molecule has 0 bridgehead atoms. The topological polar surface area (TPSA) is 76.2 Å². The van der Waals surface area contributed by atoms with Crippen LogP contribution in [0.15, 0.2) is 101 Å². The van der Waals surface area contributed by atoms with Gasteiger partial charge in [0.15, 0.2) is 5.78 Å². The van der Waals surface area contributed by atoms with E-state index in [4.69, 9.17) is 14.4 Å². The third-order valence-corrected chi connectivity index (χ3v) is 10.5. The molecule has 3 aromatic heterocycles. The SMILES string of the molecule is CC(C)Cc1nccc2c1CCc1oc3c(-c4[c-]c5ccccc5c(-c5ccccc5)c4)nccc3c1-2.CCC(CC)C(=O)/C=C(\O)C(CC)CC.[Ir]. The number of nitrogens with zero attached hydrogens (tertiary/aromatic N) is 2. The summed E-state index contributed by atoms with van der Waals surface area (Å²) in [4.78, 5) is 21.3. The van der Waals surface area contributed by atoms with Crippen molar-refractivity contribution in [3.8, 4) is 33.5 Å². The van der Waals surface area contributed by atoms with E-state index < -0.39 is 0 Å². The third kappa shape index (κ3) is 8.56. The Balaban J connectivity index is 0.000000290. The molecule has 6 heteroatoms. The average Bonchev–Trinajstić information content (AvgIpc) is 3.55. The van der Waals surface area contributed by atoms with Crippen LogP contribution in [0.3, 0.4) is 0 Å². The Labute approximate surface area is 328 Å². The molecule has 0 atom stereocenters. The van der Waals surface area contributed by atoms with Crippen molar-refractivity contribution in [2.24, 2.45) is 17.8 Å². The first-order valence-corrected chi connectivity index (χ1v) is 19.1. The van der Waals surface area contributed by atoms with E-state index in [9.17, 15) is 9.90 Å². The van der Waals surface area contributed by atoms with Gasteiger partial charge in [0.2, 0.25) is 0 Å². The quantitative estimate of drug-likeness (QED) is 0.0797. The van der Waals surface area contributed by atoms with Crippen molar-refractivity contribution in [3.05, 3.63) is 120 Å². The minimum atomic E-state index is 0. The van der Waals surface area contributed by atoms with E-state index in [0.717, 1.165) is 78.3 Å². The molecule has 7 rings (SSSR count). The van der Waals surface area contributed by atoms with Crippen LogP contribution in [0.2, 0.25) is 0 Å². The van der Waals surface area contributed by atoms with E-state index in [-0.39, 0.29) is 43.5 Å². The molecule has 1 radical (unpaired) electrons. The number of aromatic nitrogens is 2. The Morgan fingerprint density at radius 1 is 0.830 bits per heavy atom. The minimum Gasteiger partial charge on any atom is -0.512 e. The van der Waals surface area contributed by atoms with E-state index in [1.807, 2.05) is 40.1 Å². The Bertz CT molecular complexity index is 2190. The first kappa shape index (κ1) is 39.8. The molecule has 1 N–H and O–H groups in total. The van der Waals surface area contributed by atoms with Gasteiger partial charge in [-0.25, -0.2) is 0 Å². The number of hydrogen-bond acceptors (Lipinski definition) is 5. The summed E-state index contributed by atoms with van der Waals surface area (Å²) in [5.41, 5.74) is 10.0. The van der Waals surface area contributed by atoms with Crippen LogP contribution in [-0.2, 0) is 44.2 Å². The molecule has 0 amide bonds. The fraction of sp³-hybridized carbons (Fsp3) is 0.340. The Kier molecular flexibility index (Phi) is 13.6. The predicted molar refractivity (Wildman–Crippen MR) is 214 cm³/mol. The van der Waals surface area contributed by atoms with Crippen LogP contribution in [0.5, 0.6) is 0 Å². The maximum atomic E-state index is 11.7. The Morgan fingerprint density at radius 3 is 2.21 bits per heavy atom. The Morgan fingerprint density at radius 2 is 1.51 bits per heavy atom. The molecule has 0 spiro atoms. The molecule has 1 aliphatic rings. The number of aliphatic hydroxyl groups excluding tert-OH is 1. The fourth-order valence-corrected chi connectivity index (χ4v) is 7.58. The van der Waals surface area contributed by atoms with Crippen molar-refractivity contribution >= 4 is 27.5 Å². The molecule has 0 aliphatic heterocycles. The first-order valence-electron chi connectivity index (χ1n) is 19.1. The van der Waals surface area contributed by atoms with E-state index >= 15 is 0 Å². The van der Waals surface area contributed by atoms with Crippen LogP contribution in [0, 0.1) is 23.8 Å². The zero-order chi connectivity index (χ0) is 36.8. The van der Waals surface area contributed by atoms with Crippen molar-refractivity contribution in [1.29, 1.82) is 0 Å². The molecule has 0 fully saturated rings. The molecule has 1 aliphatic carbocycles. The van der Waals surface area contributed by atoms with Gasteiger partial charge in [-0.3, -0.25) is 14.8 Å². The Hall–Kier alpha value is -4.38. The zero-order valence-corrected chi connectivity index (χ0v) is 34.2. The van der Waals surface area contributed by atoms with Gasteiger partial charge in [0.1, 0.15) is 11.3 Å². The first-order chi connectivity index (χ1) is 25.3. The van der Waals surface area contributed by atoms with Crippen molar-refractivity contribution in [2.75, 3.05) is 0 Å². The van der Waals surface area contributed by atoms with E-state index in [1.54, 1.807) is 0 Å². The van der Waals surface area contributed by atoms with Gasteiger partial charge in [0.25, 0.3) is 0 Å². The zero-order valence-electron chi connectivity index (χ0n) is 31.8. The summed E-state index contributed by atoms with van der Waals surface area (Å²) in [5, 5.41) is 13.1. The fourth-order valence-electron chi connectivity index (χ4n) is 7.58. The molecule has 5 nitrogen and oxygen atoms in total. The third-order valence-electron chi connectivity index (χ3n) is 10.5. The number of allylic oxidation sites excluding steroid dienone is 2. The van der Waals surface area contributed by atoms with Gasteiger partial charge in [-0.05, 0) is 73.3 Å². The number of pyridine rings is 2. The van der Waals surface area contributed by atoms with E-state index in [1.165, 1.54) is 45.0 Å². The molecule has 53 heavy (non-hydrogen) atoms. The van der Waals surface area contributed by atoms with E-state index in [0.29, 0.717) is 5.92 Å². The summed E-state index contributed by atoms with van der Waals surface area (Å²) in [6.07, 6.45) is 11.6. The van der Waals surface area contributed by atoms with Crippen LogP contribution in [0.1, 0.15) is 84.2 Å². The monoisotopic (exact) mass is 884 g/mol. The second-order valence-corrected chi connectivity index (χ2v) is 14.3. The van der Waals surface area contributed by atoms with Gasteiger partial charge in [0, 0.05) is 79.2 Å². The van der Waals surface area contributed by atoms with Gasteiger partial charge in [-0.1, -0.05) is 107 Å². The smallest absolute Gasteiger partial charge is 0.162 e. The molecular formula is C47H51IrN2O3-. The molecule has 3 heterocycles. The standard InChI is InChI=1S/C34H27N2O.C13H24O2.Ir/c1-21(2)18-30-26-12-13-31-32(27(26)14-16-35-30)28-15-17-36-33(34(28)37-31)24-19-23-10-6-7-11-25(23)29(20-24)22-8-4-3-5-9-22;1-5-10(6-2)12(14)9-13(15)11(7-3)8-4;/h3-11,14-17,20-21H,12-13,18H2,1-2H3;9-11,14H,5-8H2,1-4H3;/q-1;;/b;12-9-;. The van der Waals surface area contributed by atoms with Gasteiger partial charge in [-0.15, -0.1) is 23.6 Å². The second-order valence-electron chi connectivity index (χ2n) is 14.3. The molecular weight excluding hydrogens is 833 g/mol. The van der Waals surface area contributed by atoms with Crippen LogP contribution in [0.25, 0.3) is 55.3 Å². The molecule has 6 aromatic rings. The summed E-state index contributed by atoms with van der Waals surface area (Å²) in [6, 6.07) is 29.1. The number of aryl methyl sites for hydroxylation is 1. The number of fused-ring (bicyclic) bond motifs is 6. The number of rotatable bonds is 11. The van der Waals surface area contributed by atoms with E-state index in [2.05, 4.69) is 92.7 Å². The molecule has 0 saturated carbocycles. The van der Waals surface area contributed by atoms with Gasteiger partial charge in [-0.2, -0.15) is 0 Å². The van der Waals surface area contributed by atoms with Crippen molar-refractivity contribution in [1.82, 2.24) is 9.97 Å². The normalized spacial score (nSPS) is 12.4. The second kappa shape index (κ2) is 18.1. The maximum Gasteiger partial charge on any atom is 0.162 e. The van der Waals surface area contributed by atoms with Gasteiger partial charge < -0.3 is 9.52 Å².